The van der Waals surface area contributed by atoms with Gasteiger partial charge in [0.2, 0.25) is 0 Å². The third kappa shape index (κ3) is 2.33. The normalized spacial score (nSPS) is 24.6. The highest BCUT2D eigenvalue weighted by atomic mass is 16.6. The van der Waals surface area contributed by atoms with Crippen LogP contribution in [0.2, 0.25) is 0 Å². The zero-order chi connectivity index (χ0) is 12.4. The van der Waals surface area contributed by atoms with E-state index in [1.807, 2.05) is 12.1 Å². The van der Waals surface area contributed by atoms with Crippen molar-refractivity contribution in [2.45, 2.75) is 31.3 Å². The van der Waals surface area contributed by atoms with Crippen LogP contribution in [0.25, 0.3) is 0 Å². The summed E-state index contributed by atoms with van der Waals surface area (Å²) in [5.41, 5.74) is 2.09. The summed E-state index contributed by atoms with van der Waals surface area (Å²) in [6.07, 6.45) is 3.48. The van der Waals surface area contributed by atoms with E-state index >= 15 is 0 Å². The number of benzene rings is 1. The highest BCUT2D eigenvalue weighted by molar-refractivity contribution is 5.99. The summed E-state index contributed by atoms with van der Waals surface area (Å²) in [6.45, 7) is 1.48. The van der Waals surface area contributed by atoms with E-state index in [0.717, 1.165) is 5.56 Å². The van der Waals surface area contributed by atoms with Gasteiger partial charge in [-0.3, -0.25) is 4.79 Å². The van der Waals surface area contributed by atoms with Crippen LogP contribution in [0.5, 0.6) is 0 Å². The molecule has 18 heavy (non-hydrogen) atoms. The fraction of sp³-hybridized carbons (Fsp3) is 0.533. The second-order valence-corrected chi connectivity index (χ2v) is 5.05. The molecule has 2 aliphatic rings. The summed E-state index contributed by atoms with van der Waals surface area (Å²) in [5.74, 6) is 0.748. The Morgan fingerprint density at radius 3 is 2.44 bits per heavy atom. The molecule has 1 saturated heterocycles. The molecule has 1 aromatic rings. The second-order valence-electron chi connectivity index (χ2n) is 5.05. The van der Waals surface area contributed by atoms with Crippen molar-refractivity contribution >= 4 is 5.78 Å². The summed E-state index contributed by atoms with van der Waals surface area (Å²) >= 11 is 0. The van der Waals surface area contributed by atoms with Gasteiger partial charge in [0.1, 0.15) is 6.10 Å². The third-order valence-corrected chi connectivity index (χ3v) is 3.88. The van der Waals surface area contributed by atoms with E-state index in [1.165, 1.54) is 24.8 Å². The molecular formula is C15H18O3. The van der Waals surface area contributed by atoms with Gasteiger partial charge in [-0.15, -0.1) is 0 Å². The van der Waals surface area contributed by atoms with Gasteiger partial charge in [-0.25, -0.2) is 0 Å². The number of rotatable bonds is 3. The van der Waals surface area contributed by atoms with E-state index in [1.54, 1.807) is 0 Å². The van der Waals surface area contributed by atoms with Crippen molar-refractivity contribution in [2.75, 3.05) is 19.8 Å². The van der Waals surface area contributed by atoms with Crippen LogP contribution in [0.3, 0.4) is 0 Å². The number of carbonyl (C=O) groups excluding carboxylic acids is 1. The van der Waals surface area contributed by atoms with E-state index in [4.69, 9.17) is 9.47 Å². The first-order valence-corrected chi connectivity index (χ1v) is 6.68. The van der Waals surface area contributed by atoms with Crippen molar-refractivity contribution in [1.29, 1.82) is 0 Å². The van der Waals surface area contributed by atoms with E-state index in [9.17, 15) is 4.79 Å². The van der Waals surface area contributed by atoms with Gasteiger partial charge in [0, 0.05) is 5.56 Å². The lowest BCUT2D eigenvalue weighted by atomic mass is 9.80. The standard InChI is InChI=1S/C15H18O3/c16-15(14-10-17-8-9-18-14)13-6-4-12(5-7-13)11-2-1-3-11/h4-7,11,14H,1-3,8-10H2. The van der Waals surface area contributed by atoms with E-state index in [0.29, 0.717) is 25.7 Å². The molecule has 1 heterocycles. The molecule has 1 saturated carbocycles. The number of carbonyl (C=O) groups is 1. The first-order valence-electron chi connectivity index (χ1n) is 6.68. The average molecular weight is 246 g/mol. The molecule has 1 aliphatic heterocycles. The first-order chi connectivity index (χ1) is 8.84. The van der Waals surface area contributed by atoms with E-state index < -0.39 is 6.10 Å². The first kappa shape index (κ1) is 11.9. The molecule has 0 bridgehead atoms. The minimum atomic E-state index is -0.423. The highest BCUT2D eigenvalue weighted by Crippen LogP contribution is 2.36. The molecule has 1 aromatic carbocycles. The maximum Gasteiger partial charge on any atom is 0.193 e. The van der Waals surface area contributed by atoms with Crippen LogP contribution in [-0.2, 0) is 9.47 Å². The van der Waals surface area contributed by atoms with Crippen LogP contribution in [0.1, 0.15) is 41.1 Å². The molecule has 0 radical (unpaired) electrons. The quantitative estimate of drug-likeness (QED) is 0.769. The number of ketones is 1. The maximum atomic E-state index is 12.2. The molecule has 0 aromatic heterocycles. The fourth-order valence-corrected chi connectivity index (χ4v) is 2.49. The molecule has 2 fully saturated rings. The molecule has 3 rings (SSSR count). The van der Waals surface area contributed by atoms with Crippen molar-refractivity contribution in [3.8, 4) is 0 Å². The van der Waals surface area contributed by atoms with Gasteiger partial charge < -0.3 is 9.47 Å². The Labute approximate surface area is 107 Å². The van der Waals surface area contributed by atoms with Crippen LogP contribution < -0.4 is 0 Å². The Kier molecular flexibility index (Phi) is 3.43. The number of hydrogen-bond donors (Lipinski definition) is 0. The summed E-state index contributed by atoms with van der Waals surface area (Å²) in [4.78, 5) is 12.2. The van der Waals surface area contributed by atoms with Gasteiger partial charge in [0.05, 0.1) is 19.8 Å². The van der Waals surface area contributed by atoms with Crippen molar-refractivity contribution in [1.82, 2.24) is 0 Å². The highest BCUT2D eigenvalue weighted by Gasteiger charge is 2.24. The molecule has 0 N–H and O–H groups in total. The SMILES string of the molecule is O=C(c1ccc(C2CCC2)cc1)C1COCCO1. The molecule has 1 unspecified atom stereocenters. The zero-order valence-corrected chi connectivity index (χ0v) is 10.4. The third-order valence-electron chi connectivity index (χ3n) is 3.88. The predicted octanol–water partition coefficient (Wildman–Crippen LogP) is 2.55. The second kappa shape index (κ2) is 5.21. The zero-order valence-electron chi connectivity index (χ0n) is 10.4. The van der Waals surface area contributed by atoms with Gasteiger partial charge in [-0.1, -0.05) is 30.7 Å². The average Bonchev–Trinajstić information content (AvgIpc) is 2.38. The molecule has 3 nitrogen and oxygen atoms in total. The smallest absolute Gasteiger partial charge is 0.193 e. The summed E-state index contributed by atoms with van der Waals surface area (Å²) < 4.78 is 10.7. The lowest BCUT2D eigenvalue weighted by Crippen LogP contribution is -2.35. The van der Waals surface area contributed by atoms with Crippen LogP contribution >= 0.6 is 0 Å². The molecule has 3 heteroatoms. The van der Waals surface area contributed by atoms with Gasteiger partial charge in [-0.2, -0.15) is 0 Å². The van der Waals surface area contributed by atoms with Crippen molar-refractivity contribution in [3.05, 3.63) is 35.4 Å². The van der Waals surface area contributed by atoms with Crippen molar-refractivity contribution in [3.63, 3.8) is 0 Å². The molecule has 96 valence electrons. The van der Waals surface area contributed by atoms with Gasteiger partial charge in [-0.05, 0) is 24.3 Å². The van der Waals surface area contributed by atoms with Crippen LogP contribution in [0.15, 0.2) is 24.3 Å². The topological polar surface area (TPSA) is 35.5 Å². The Balaban J connectivity index is 1.69. The van der Waals surface area contributed by atoms with Gasteiger partial charge in [0.25, 0.3) is 0 Å². The molecule has 0 amide bonds. The molecular weight excluding hydrogens is 228 g/mol. The van der Waals surface area contributed by atoms with Gasteiger partial charge in [0.15, 0.2) is 5.78 Å². The Morgan fingerprint density at radius 2 is 1.89 bits per heavy atom. The van der Waals surface area contributed by atoms with Crippen LogP contribution in [-0.4, -0.2) is 31.7 Å². The largest absolute Gasteiger partial charge is 0.376 e. The van der Waals surface area contributed by atoms with E-state index in [-0.39, 0.29) is 5.78 Å². The summed E-state index contributed by atoms with van der Waals surface area (Å²) in [6, 6.07) is 8.02. The molecule has 0 spiro atoms. The minimum absolute atomic E-state index is 0.0369. The molecule has 1 atom stereocenters. The number of Topliss-reactive ketones (excluding diaryl/α,β-unsaturated/α-hetero) is 1. The fourth-order valence-electron chi connectivity index (χ4n) is 2.49. The predicted molar refractivity (Wildman–Crippen MR) is 67.9 cm³/mol. The Bertz CT molecular complexity index is 414. The lowest BCUT2D eigenvalue weighted by Gasteiger charge is -2.26. The van der Waals surface area contributed by atoms with E-state index in [2.05, 4.69) is 12.1 Å². The minimum Gasteiger partial charge on any atom is -0.376 e. The monoisotopic (exact) mass is 246 g/mol. The Morgan fingerprint density at radius 1 is 1.11 bits per heavy atom. The molecule has 1 aliphatic carbocycles. The Hall–Kier alpha value is -1.19. The van der Waals surface area contributed by atoms with Crippen LogP contribution in [0.4, 0.5) is 0 Å². The summed E-state index contributed by atoms with van der Waals surface area (Å²) in [5, 5.41) is 0. The lowest BCUT2D eigenvalue weighted by molar-refractivity contribution is -0.0719. The van der Waals surface area contributed by atoms with Crippen molar-refractivity contribution in [2.24, 2.45) is 0 Å². The van der Waals surface area contributed by atoms with Crippen molar-refractivity contribution < 1.29 is 14.3 Å². The number of ether oxygens (including phenoxy) is 2. The van der Waals surface area contributed by atoms with Gasteiger partial charge >= 0.3 is 0 Å². The summed E-state index contributed by atoms with van der Waals surface area (Å²) in [7, 11) is 0. The maximum absolute atomic E-state index is 12.2. The number of hydrogen-bond acceptors (Lipinski definition) is 3. The van der Waals surface area contributed by atoms with Crippen LogP contribution in [0, 0.1) is 0 Å².